The molecule has 0 saturated heterocycles. The first kappa shape index (κ1) is 33.5. The zero-order valence-electron chi connectivity index (χ0n) is 31.3. The lowest BCUT2D eigenvalue weighted by atomic mass is 9.95. The van der Waals surface area contributed by atoms with Gasteiger partial charge in [0, 0.05) is 21.5 Å². The summed E-state index contributed by atoms with van der Waals surface area (Å²) in [6.07, 6.45) is 3.46. The summed E-state index contributed by atoms with van der Waals surface area (Å²) in [5.41, 5.74) is 17.2. The summed E-state index contributed by atoms with van der Waals surface area (Å²) in [5.74, 6) is 0. The van der Waals surface area contributed by atoms with Crippen LogP contribution in [0.1, 0.15) is 83.3 Å². The molecule has 7 rings (SSSR count). The predicted octanol–water partition coefficient (Wildman–Crippen LogP) is 10.7. The van der Waals surface area contributed by atoms with Crippen LogP contribution in [0.25, 0.3) is 55.0 Å². The van der Waals surface area contributed by atoms with Gasteiger partial charge in [0.05, 0.1) is 33.4 Å². The molecule has 0 atom stereocenters. The normalized spacial score (nSPS) is 11.9. The summed E-state index contributed by atoms with van der Waals surface area (Å²) >= 11 is 0. The second-order valence-corrected chi connectivity index (χ2v) is 14.4. The number of aromatic nitrogens is 2. The molecule has 2 aromatic heterocycles. The zero-order chi connectivity index (χ0) is 35.8. The van der Waals surface area contributed by atoms with Crippen LogP contribution in [-0.4, -0.2) is 9.13 Å². The largest absolute Gasteiger partial charge is 0.308 e. The van der Waals surface area contributed by atoms with E-state index in [0.29, 0.717) is 21.5 Å². The Balaban J connectivity index is 1.80. The molecule has 4 heteroatoms. The smallest absolute Gasteiger partial charge is 0.197 e. The average Bonchev–Trinajstić information content (AvgIpc) is 3.08. The topological polar surface area (TPSA) is 44.0 Å². The Bertz CT molecular complexity index is 2450. The molecule has 0 bridgehead atoms. The van der Waals surface area contributed by atoms with Gasteiger partial charge in [-0.25, -0.2) is 0 Å². The molecular formula is C46H48N2O2. The monoisotopic (exact) mass is 660 g/mol. The Morgan fingerprint density at radius 2 is 0.640 bits per heavy atom. The molecule has 50 heavy (non-hydrogen) atoms. The van der Waals surface area contributed by atoms with Crippen molar-refractivity contribution in [2.45, 2.75) is 94.9 Å². The van der Waals surface area contributed by atoms with E-state index in [1.807, 2.05) is 12.1 Å². The van der Waals surface area contributed by atoms with Gasteiger partial charge in [-0.15, -0.1) is 0 Å². The van der Waals surface area contributed by atoms with E-state index in [1.54, 1.807) is 0 Å². The molecule has 0 aliphatic heterocycles. The first-order valence-corrected chi connectivity index (χ1v) is 18.3. The molecule has 0 saturated carbocycles. The maximum atomic E-state index is 14.9. The van der Waals surface area contributed by atoms with Gasteiger partial charge in [0.15, 0.2) is 10.9 Å². The van der Waals surface area contributed by atoms with Crippen molar-refractivity contribution in [3.63, 3.8) is 0 Å². The van der Waals surface area contributed by atoms with E-state index in [-0.39, 0.29) is 10.9 Å². The van der Waals surface area contributed by atoms with Gasteiger partial charge in [0.25, 0.3) is 0 Å². The van der Waals surface area contributed by atoms with E-state index < -0.39 is 0 Å². The van der Waals surface area contributed by atoms with Crippen LogP contribution < -0.4 is 10.9 Å². The summed E-state index contributed by atoms with van der Waals surface area (Å²) in [6.45, 7) is 21.5. The maximum absolute atomic E-state index is 14.9. The second-order valence-electron chi connectivity index (χ2n) is 14.4. The summed E-state index contributed by atoms with van der Waals surface area (Å²) in [6, 6.07) is 21.5. The minimum atomic E-state index is -0.0000510. The number of aryl methyl sites for hydroxylation is 10. The van der Waals surface area contributed by atoms with Crippen LogP contribution >= 0.6 is 0 Å². The molecule has 0 fully saturated rings. The van der Waals surface area contributed by atoms with Gasteiger partial charge in [0.1, 0.15) is 0 Å². The molecule has 254 valence electrons. The third-order valence-corrected chi connectivity index (χ3v) is 10.9. The minimum absolute atomic E-state index is 0.0000510. The highest BCUT2D eigenvalue weighted by Gasteiger charge is 2.23. The lowest BCUT2D eigenvalue weighted by Crippen LogP contribution is -2.17. The molecule has 0 radical (unpaired) electrons. The van der Waals surface area contributed by atoms with Gasteiger partial charge >= 0.3 is 0 Å². The summed E-state index contributed by atoms with van der Waals surface area (Å²) < 4.78 is 4.53. The third kappa shape index (κ3) is 5.02. The van der Waals surface area contributed by atoms with E-state index >= 15 is 0 Å². The van der Waals surface area contributed by atoms with Gasteiger partial charge in [-0.1, -0.05) is 63.1 Å². The molecule has 0 aliphatic rings. The highest BCUT2D eigenvalue weighted by molar-refractivity contribution is 6.06. The Morgan fingerprint density at radius 1 is 0.380 bits per heavy atom. The Morgan fingerprint density at radius 3 is 0.940 bits per heavy atom. The number of nitrogens with zero attached hydrogens (tertiary/aromatic N) is 2. The highest BCUT2D eigenvalue weighted by Crippen LogP contribution is 2.36. The number of benzene rings is 5. The zero-order valence-corrected chi connectivity index (χ0v) is 31.3. The molecule has 4 nitrogen and oxygen atoms in total. The lowest BCUT2D eigenvalue weighted by Gasteiger charge is -2.24. The summed E-state index contributed by atoms with van der Waals surface area (Å²) in [7, 11) is 0. The van der Waals surface area contributed by atoms with Crippen LogP contribution in [0, 0.1) is 41.5 Å². The van der Waals surface area contributed by atoms with Crippen molar-refractivity contribution < 1.29 is 0 Å². The molecular weight excluding hydrogens is 613 g/mol. The third-order valence-electron chi connectivity index (χ3n) is 10.9. The molecule has 0 N–H and O–H groups in total. The van der Waals surface area contributed by atoms with Gasteiger partial charge < -0.3 is 9.13 Å². The molecule has 0 unspecified atom stereocenters. The van der Waals surface area contributed by atoms with Crippen LogP contribution in [0.5, 0.6) is 0 Å². The first-order valence-electron chi connectivity index (χ1n) is 18.3. The molecule has 0 spiro atoms. The summed E-state index contributed by atoms with van der Waals surface area (Å²) in [5, 5.41) is 2.66. The fourth-order valence-electron chi connectivity index (χ4n) is 8.80. The standard InChI is InChI=1S/C46H48N2O2/c1-11-31-19-35-39(21-33(31)13-3)47(43-27(7)15-25(5)16-28(43)8)41-24-38-42(23-37(41)45(35)49)48(44-29(9)17-26(6)18-30(44)10)40-22-34(14-4)32(12-2)20-36(40)46(38)50/h15-24H,11-14H2,1-10H3. The van der Waals surface area contributed by atoms with Crippen molar-refractivity contribution in [1.29, 1.82) is 0 Å². The second kappa shape index (κ2) is 12.4. The first-order chi connectivity index (χ1) is 23.9. The molecule has 5 aromatic carbocycles. The average molecular weight is 661 g/mol. The van der Waals surface area contributed by atoms with E-state index in [0.717, 1.165) is 81.4 Å². The van der Waals surface area contributed by atoms with Crippen molar-refractivity contribution in [3.8, 4) is 11.4 Å². The van der Waals surface area contributed by atoms with Crippen molar-refractivity contribution in [2.24, 2.45) is 0 Å². The van der Waals surface area contributed by atoms with Crippen LogP contribution in [0.2, 0.25) is 0 Å². The van der Waals surface area contributed by atoms with E-state index in [9.17, 15) is 9.59 Å². The van der Waals surface area contributed by atoms with Gasteiger partial charge in [0.2, 0.25) is 0 Å². The molecule has 0 amide bonds. The van der Waals surface area contributed by atoms with Gasteiger partial charge in [-0.05, 0) is 148 Å². The van der Waals surface area contributed by atoms with Crippen molar-refractivity contribution in [3.05, 3.63) is 137 Å². The number of fused-ring (bicyclic) bond motifs is 4. The van der Waals surface area contributed by atoms with Gasteiger partial charge in [-0.2, -0.15) is 0 Å². The number of rotatable bonds is 6. The predicted molar refractivity (Wildman–Crippen MR) is 214 cm³/mol. The maximum Gasteiger partial charge on any atom is 0.197 e. The quantitative estimate of drug-likeness (QED) is 0.167. The highest BCUT2D eigenvalue weighted by atomic mass is 16.1. The lowest BCUT2D eigenvalue weighted by molar-refractivity contribution is 1.03. The van der Waals surface area contributed by atoms with Crippen LogP contribution in [0.15, 0.2) is 70.3 Å². The molecule has 0 aliphatic carbocycles. The van der Waals surface area contributed by atoms with E-state index in [2.05, 4.69) is 127 Å². The molecule has 7 aromatic rings. The summed E-state index contributed by atoms with van der Waals surface area (Å²) in [4.78, 5) is 29.7. The number of hydrogen-bond donors (Lipinski definition) is 0. The van der Waals surface area contributed by atoms with Crippen molar-refractivity contribution in [2.75, 3.05) is 0 Å². The Labute approximate surface area is 295 Å². The SMILES string of the molecule is CCc1cc2c(=O)c3cc4c(cc3n(-c3c(C)cc(C)cc3C)c2cc1CC)c(=O)c1cc(CC)c(CC)cc1n4-c1c(C)cc(C)cc1C. The fraction of sp³-hybridized carbons (Fsp3) is 0.304. The minimum Gasteiger partial charge on any atom is -0.308 e. The number of hydrogen-bond acceptors (Lipinski definition) is 2. The fourth-order valence-corrected chi connectivity index (χ4v) is 8.80. The number of pyridine rings is 2. The van der Waals surface area contributed by atoms with Crippen molar-refractivity contribution in [1.82, 2.24) is 9.13 Å². The molecule has 2 heterocycles. The van der Waals surface area contributed by atoms with Crippen LogP contribution in [-0.2, 0) is 25.7 Å². The van der Waals surface area contributed by atoms with Crippen LogP contribution in [0.4, 0.5) is 0 Å². The van der Waals surface area contributed by atoms with Crippen LogP contribution in [0.3, 0.4) is 0 Å². The Hall–Kier alpha value is -4.96. The Kier molecular flexibility index (Phi) is 8.33. The van der Waals surface area contributed by atoms with Gasteiger partial charge in [-0.3, -0.25) is 9.59 Å². The van der Waals surface area contributed by atoms with E-state index in [4.69, 9.17) is 0 Å². The van der Waals surface area contributed by atoms with Crippen molar-refractivity contribution >= 4 is 43.6 Å². The van der Waals surface area contributed by atoms with E-state index in [1.165, 1.54) is 33.4 Å².